The number of carbonyl (C=O) groups is 2. The van der Waals surface area contributed by atoms with E-state index in [9.17, 15) is 14.7 Å². The molecule has 0 saturated carbocycles. The van der Waals surface area contributed by atoms with Crippen LogP contribution in [0.3, 0.4) is 0 Å². The summed E-state index contributed by atoms with van der Waals surface area (Å²) in [6.07, 6.45) is 0.929. The molecule has 6 nitrogen and oxygen atoms in total. The molecule has 0 aromatic heterocycles. The van der Waals surface area contributed by atoms with E-state index in [0.717, 1.165) is 6.42 Å². The summed E-state index contributed by atoms with van der Waals surface area (Å²) in [6.45, 7) is 0.0852. The first-order valence-electron chi connectivity index (χ1n) is 6.38. The van der Waals surface area contributed by atoms with Gasteiger partial charge >= 0.3 is 11.9 Å². The number of hydrogen-bond donors (Lipinski definition) is 3. The largest absolute Gasteiger partial charge is 0.478 e. The van der Waals surface area contributed by atoms with Gasteiger partial charge in [0.2, 0.25) is 6.29 Å². The van der Waals surface area contributed by atoms with Crippen LogP contribution < -0.4 is 0 Å². The minimum absolute atomic E-state index is 0.0852. The molecular formula is C14H18O6. The maximum atomic E-state index is 11.8. The highest BCUT2D eigenvalue weighted by Gasteiger charge is 2.19. The number of aliphatic hydroxyl groups is 2. The lowest BCUT2D eigenvalue weighted by Crippen LogP contribution is -2.19. The monoisotopic (exact) mass is 282 g/mol. The Hall–Kier alpha value is -1.92. The lowest BCUT2D eigenvalue weighted by Gasteiger charge is -2.12. The second-order valence-electron chi connectivity index (χ2n) is 4.28. The first kappa shape index (κ1) is 16.1. The van der Waals surface area contributed by atoms with E-state index < -0.39 is 18.2 Å². The molecule has 0 heterocycles. The van der Waals surface area contributed by atoms with Crippen molar-refractivity contribution in [2.75, 3.05) is 6.61 Å². The highest BCUT2D eigenvalue weighted by molar-refractivity contribution is 6.02. The lowest BCUT2D eigenvalue weighted by molar-refractivity contribution is -0.0696. The number of hydrogen-bond acceptors (Lipinski definition) is 5. The summed E-state index contributed by atoms with van der Waals surface area (Å²) in [5.74, 6) is -2.09. The first-order chi connectivity index (χ1) is 9.56. The van der Waals surface area contributed by atoms with Crippen LogP contribution in [0, 0.1) is 0 Å². The fourth-order valence-corrected chi connectivity index (χ4v) is 1.70. The number of aliphatic hydroxyl groups excluding tert-OH is 2. The fourth-order valence-electron chi connectivity index (χ4n) is 1.70. The van der Waals surface area contributed by atoms with Crippen LogP contribution in [0.5, 0.6) is 0 Å². The number of esters is 1. The van der Waals surface area contributed by atoms with Crippen LogP contribution in [0.1, 0.15) is 46.4 Å². The van der Waals surface area contributed by atoms with E-state index >= 15 is 0 Å². The topological polar surface area (TPSA) is 104 Å². The SMILES string of the molecule is O=C(O)c1ccccc1C(=O)OC(O)CCCCCO. The van der Waals surface area contributed by atoms with Gasteiger partial charge in [-0.2, -0.15) is 0 Å². The van der Waals surface area contributed by atoms with E-state index in [0.29, 0.717) is 12.8 Å². The molecule has 0 aliphatic rings. The number of benzene rings is 1. The Morgan fingerprint density at radius 1 is 1.10 bits per heavy atom. The summed E-state index contributed by atoms with van der Waals surface area (Å²) in [5, 5.41) is 27.1. The number of carboxylic acid groups (broad SMARTS) is 1. The van der Waals surface area contributed by atoms with Gasteiger partial charge in [-0.25, -0.2) is 9.59 Å². The molecule has 0 aliphatic carbocycles. The van der Waals surface area contributed by atoms with Crippen molar-refractivity contribution in [3.63, 3.8) is 0 Å². The number of unbranched alkanes of at least 4 members (excludes halogenated alkanes) is 2. The standard InChI is InChI=1S/C14H18O6/c15-9-5-1-2-8-12(16)20-14(19)11-7-4-3-6-10(11)13(17)18/h3-4,6-7,12,15-16H,1-2,5,8-9H2,(H,17,18). The highest BCUT2D eigenvalue weighted by atomic mass is 16.6. The number of rotatable bonds is 8. The van der Waals surface area contributed by atoms with Crippen LogP contribution in [-0.2, 0) is 4.74 Å². The summed E-state index contributed by atoms with van der Waals surface area (Å²) >= 11 is 0. The van der Waals surface area contributed by atoms with Crippen molar-refractivity contribution in [1.29, 1.82) is 0 Å². The minimum atomic E-state index is -1.27. The van der Waals surface area contributed by atoms with Gasteiger partial charge in [0.05, 0.1) is 11.1 Å². The average Bonchev–Trinajstić information content (AvgIpc) is 2.43. The van der Waals surface area contributed by atoms with Crippen LogP contribution in [0.15, 0.2) is 24.3 Å². The zero-order chi connectivity index (χ0) is 15.0. The lowest BCUT2D eigenvalue weighted by atomic mass is 10.1. The third-order valence-corrected chi connectivity index (χ3v) is 2.73. The van der Waals surface area contributed by atoms with E-state index in [1.165, 1.54) is 24.3 Å². The van der Waals surface area contributed by atoms with Gasteiger partial charge in [-0.3, -0.25) is 0 Å². The number of ether oxygens (including phenoxy) is 1. The molecule has 1 atom stereocenters. The number of aromatic carboxylic acids is 1. The van der Waals surface area contributed by atoms with Crippen LogP contribution >= 0.6 is 0 Å². The Morgan fingerprint density at radius 3 is 2.35 bits per heavy atom. The van der Waals surface area contributed by atoms with E-state index in [4.69, 9.17) is 14.9 Å². The van der Waals surface area contributed by atoms with Crippen LogP contribution in [0.25, 0.3) is 0 Å². The molecule has 3 N–H and O–H groups in total. The maximum absolute atomic E-state index is 11.8. The van der Waals surface area contributed by atoms with Crippen molar-refractivity contribution in [3.8, 4) is 0 Å². The Labute approximate surface area is 116 Å². The van der Waals surface area contributed by atoms with E-state index in [1.807, 2.05) is 0 Å². The Kier molecular flexibility index (Phi) is 6.69. The normalized spacial score (nSPS) is 11.9. The summed E-state index contributed by atoms with van der Waals surface area (Å²) in [6, 6.07) is 5.67. The predicted octanol–water partition coefficient (Wildman–Crippen LogP) is 1.41. The number of carbonyl (C=O) groups excluding carboxylic acids is 1. The van der Waals surface area contributed by atoms with Crippen molar-refractivity contribution < 1.29 is 29.6 Å². The van der Waals surface area contributed by atoms with E-state index in [1.54, 1.807) is 0 Å². The molecular weight excluding hydrogens is 264 g/mol. The van der Waals surface area contributed by atoms with Crippen molar-refractivity contribution in [2.24, 2.45) is 0 Å². The summed E-state index contributed by atoms with van der Waals surface area (Å²) in [7, 11) is 0. The molecule has 0 amide bonds. The van der Waals surface area contributed by atoms with Crippen molar-refractivity contribution in [2.45, 2.75) is 32.0 Å². The molecule has 0 spiro atoms. The van der Waals surface area contributed by atoms with Crippen molar-refractivity contribution in [3.05, 3.63) is 35.4 Å². The van der Waals surface area contributed by atoms with E-state index in [2.05, 4.69) is 0 Å². The molecule has 1 aromatic carbocycles. The number of carboxylic acids is 1. The summed E-state index contributed by atoms with van der Waals surface area (Å²) in [4.78, 5) is 22.7. The zero-order valence-electron chi connectivity index (χ0n) is 11.0. The Balaban J connectivity index is 2.56. The van der Waals surface area contributed by atoms with Gasteiger partial charge in [0.1, 0.15) is 0 Å². The molecule has 1 aromatic rings. The molecule has 0 aliphatic heterocycles. The van der Waals surface area contributed by atoms with Gasteiger partial charge < -0.3 is 20.1 Å². The first-order valence-corrected chi connectivity index (χ1v) is 6.38. The molecule has 0 fully saturated rings. The second kappa shape index (κ2) is 8.29. The molecule has 20 heavy (non-hydrogen) atoms. The van der Waals surface area contributed by atoms with Gasteiger partial charge in [0.15, 0.2) is 0 Å². The Morgan fingerprint density at radius 2 is 1.75 bits per heavy atom. The van der Waals surface area contributed by atoms with Gasteiger partial charge in [0.25, 0.3) is 0 Å². The molecule has 0 saturated heterocycles. The molecule has 1 rings (SSSR count). The van der Waals surface area contributed by atoms with Gasteiger partial charge in [-0.15, -0.1) is 0 Å². The summed E-state index contributed by atoms with van der Waals surface area (Å²) in [5.41, 5.74) is -0.251. The van der Waals surface area contributed by atoms with Crippen molar-refractivity contribution in [1.82, 2.24) is 0 Å². The summed E-state index contributed by atoms with van der Waals surface area (Å²) < 4.78 is 4.80. The van der Waals surface area contributed by atoms with E-state index in [-0.39, 0.29) is 24.2 Å². The van der Waals surface area contributed by atoms with Gasteiger partial charge in [0, 0.05) is 13.0 Å². The molecule has 0 radical (unpaired) electrons. The quantitative estimate of drug-likeness (QED) is 0.378. The predicted molar refractivity (Wildman–Crippen MR) is 70.4 cm³/mol. The molecule has 0 bridgehead atoms. The van der Waals surface area contributed by atoms with Crippen molar-refractivity contribution >= 4 is 11.9 Å². The second-order valence-corrected chi connectivity index (χ2v) is 4.28. The Bertz CT molecular complexity index is 457. The maximum Gasteiger partial charge on any atom is 0.341 e. The smallest absolute Gasteiger partial charge is 0.341 e. The highest BCUT2D eigenvalue weighted by Crippen LogP contribution is 2.13. The third kappa shape index (κ3) is 4.99. The zero-order valence-corrected chi connectivity index (χ0v) is 11.0. The third-order valence-electron chi connectivity index (χ3n) is 2.73. The molecule has 6 heteroatoms. The molecule has 1 unspecified atom stereocenters. The molecule has 110 valence electrons. The van der Waals surface area contributed by atoms with Crippen LogP contribution in [0.4, 0.5) is 0 Å². The average molecular weight is 282 g/mol. The van der Waals surface area contributed by atoms with Crippen LogP contribution in [-0.4, -0.2) is 40.2 Å². The fraction of sp³-hybridized carbons (Fsp3) is 0.429. The van der Waals surface area contributed by atoms with Gasteiger partial charge in [-0.1, -0.05) is 18.6 Å². The van der Waals surface area contributed by atoms with Crippen LogP contribution in [0.2, 0.25) is 0 Å². The minimum Gasteiger partial charge on any atom is -0.478 e. The van der Waals surface area contributed by atoms with Gasteiger partial charge in [-0.05, 0) is 25.0 Å².